The molecule has 4 rings (SSSR count). The van der Waals surface area contributed by atoms with Gasteiger partial charge >= 0.3 is 0 Å². The van der Waals surface area contributed by atoms with Gasteiger partial charge in [0.1, 0.15) is 0 Å². The lowest BCUT2D eigenvalue weighted by atomic mass is 9.99. The van der Waals surface area contributed by atoms with Crippen LogP contribution in [0.5, 0.6) is 0 Å². The quantitative estimate of drug-likeness (QED) is 0.632. The molecule has 8 nitrogen and oxygen atoms in total. The molecule has 1 aliphatic heterocycles. The minimum atomic E-state index is -3.63. The number of aromatic nitrogens is 2. The van der Waals surface area contributed by atoms with Crippen LogP contribution in [-0.2, 0) is 21.4 Å². The van der Waals surface area contributed by atoms with E-state index in [1.165, 1.54) is 4.31 Å². The summed E-state index contributed by atoms with van der Waals surface area (Å²) in [5.74, 6) is 0.110. The Morgan fingerprint density at radius 2 is 1.90 bits per heavy atom. The monoisotopic (exact) mass is 440 g/mol. The molecule has 0 saturated carbocycles. The Morgan fingerprint density at radius 3 is 2.65 bits per heavy atom. The number of piperidine rings is 1. The van der Waals surface area contributed by atoms with E-state index >= 15 is 0 Å². The summed E-state index contributed by atoms with van der Waals surface area (Å²) in [5, 5.41) is 6.73. The number of nitrogens with zero attached hydrogens (tertiary/aromatic N) is 3. The number of nitrogens with one attached hydrogen (secondary N) is 1. The molecule has 3 aromatic rings. The maximum absolute atomic E-state index is 12.9. The first-order valence-electron chi connectivity index (χ1n) is 10.2. The highest BCUT2D eigenvalue weighted by molar-refractivity contribution is 7.89. The first kappa shape index (κ1) is 21.2. The largest absolute Gasteiger partial charge is 0.347 e. The van der Waals surface area contributed by atoms with Crippen molar-refractivity contribution in [3.8, 4) is 11.4 Å². The third-order valence-electron chi connectivity index (χ3n) is 5.33. The predicted octanol–water partition coefficient (Wildman–Crippen LogP) is 2.76. The summed E-state index contributed by atoms with van der Waals surface area (Å²) in [5.41, 5.74) is 1.82. The fourth-order valence-corrected chi connectivity index (χ4v) is 5.10. The number of carbonyl (C=O) groups excluding carboxylic acids is 1. The molecule has 31 heavy (non-hydrogen) atoms. The highest BCUT2D eigenvalue weighted by atomic mass is 32.2. The van der Waals surface area contributed by atoms with Gasteiger partial charge < -0.3 is 9.84 Å². The molecule has 0 bridgehead atoms. The van der Waals surface area contributed by atoms with Crippen LogP contribution in [0.3, 0.4) is 0 Å². The zero-order chi connectivity index (χ0) is 21.8. The Hall–Kier alpha value is -3.04. The van der Waals surface area contributed by atoms with Crippen molar-refractivity contribution in [1.82, 2.24) is 19.8 Å². The van der Waals surface area contributed by atoms with Crippen molar-refractivity contribution in [2.24, 2.45) is 5.92 Å². The lowest BCUT2D eigenvalue weighted by Crippen LogP contribution is -2.45. The van der Waals surface area contributed by atoms with E-state index in [1.54, 1.807) is 24.3 Å². The van der Waals surface area contributed by atoms with Gasteiger partial charge in [-0.25, -0.2) is 8.42 Å². The highest BCUT2D eigenvalue weighted by Gasteiger charge is 2.33. The van der Waals surface area contributed by atoms with E-state index in [1.807, 2.05) is 37.3 Å². The Balaban J connectivity index is 1.37. The molecule has 1 amide bonds. The molecule has 0 spiro atoms. The predicted molar refractivity (Wildman–Crippen MR) is 114 cm³/mol. The molecule has 2 aromatic carbocycles. The number of sulfonamides is 1. The average Bonchev–Trinajstić information content (AvgIpc) is 3.27. The third kappa shape index (κ3) is 4.83. The van der Waals surface area contributed by atoms with Crippen LogP contribution >= 0.6 is 0 Å². The number of benzene rings is 2. The molecule has 1 aliphatic rings. The van der Waals surface area contributed by atoms with Crippen LogP contribution in [0.15, 0.2) is 64.0 Å². The molecule has 1 atom stereocenters. The fourth-order valence-electron chi connectivity index (χ4n) is 3.57. The normalized spacial score (nSPS) is 17.4. The van der Waals surface area contributed by atoms with E-state index in [2.05, 4.69) is 15.5 Å². The maximum Gasteiger partial charge on any atom is 0.246 e. The van der Waals surface area contributed by atoms with Crippen molar-refractivity contribution in [3.05, 3.63) is 66.1 Å². The molecule has 162 valence electrons. The number of amides is 1. The number of carbonyl (C=O) groups is 1. The van der Waals surface area contributed by atoms with Crippen LogP contribution in [-0.4, -0.2) is 41.9 Å². The minimum Gasteiger partial charge on any atom is -0.347 e. The summed E-state index contributed by atoms with van der Waals surface area (Å²) in [7, 11) is -3.63. The van der Waals surface area contributed by atoms with Crippen molar-refractivity contribution >= 4 is 15.9 Å². The van der Waals surface area contributed by atoms with Gasteiger partial charge in [-0.05, 0) is 31.9 Å². The molecular formula is C22H24N4O4S. The van der Waals surface area contributed by atoms with Crippen LogP contribution in [0.2, 0.25) is 0 Å². The molecule has 1 N–H and O–H groups in total. The molecular weight excluding hydrogens is 416 g/mol. The van der Waals surface area contributed by atoms with Gasteiger partial charge in [0.25, 0.3) is 0 Å². The Kier molecular flexibility index (Phi) is 6.15. The van der Waals surface area contributed by atoms with Crippen molar-refractivity contribution in [2.45, 2.75) is 31.2 Å². The molecule has 1 fully saturated rings. The molecule has 2 heterocycles. The molecule has 9 heteroatoms. The standard InChI is InChI=1S/C22H24N4O4S/c1-16-9-11-19(12-10-16)31(28,29)26-13-5-8-18(15-26)22(27)23-14-20-24-21(25-30-20)17-6-3-2-4-7-17/h2-4,6-7,9-12,18H,5,8,13-15H2,1H3,(H,23,27)/t18-/m1/s1. The smallest absolute Gasteiger partial charge is 0.246 e. The second kappa shape index (κ2) is 8.99. The molecule has 0 unspecified atom stereocenters. The number of aryl methyl sites for hydroxylation is 1. The summed E-state index contributed by atoms with van der Waals surface area (Å²) in [6.07, 6.45) is 1.26. The topological polar surface area (TPSA) is 105 Å². The van der Waals surface area contributed by atoms with E-state index in [0.29, 0.717) is 31.1 Å². The zero-order valence-corrected chi connectivity index (χ0v) is 18.0. The SMILES string of the molecule is Cc1ccc(S(=O)(=O)N2CCC[C@@H](C(=O)NCc3nc(-c4ccccc4)no3)C2)cc1. The summed E-state index contributed by atoms with van der Waals surface area (Å²) in [6.45, 7) is 2.56. The van der Waals surface area contributed by atoms with E-state index in [9.17, 15) is 13.2 Å². The second-order valence-corrected chi connectivity index (χ2v) is 9.55. The molecule has 0 aliphatic carbocycles. The molecule has 1 aromatic heterocycles. The van der Waals surface area contributed by atoms with Crippen molar-refractivity contribution < 1.29 is 17.7 Å². The van der Waals surface area contributed by atoms with Gasteiger partial charge in [-0.15, -0.1) is 0 Å². The second-order valence-electron chi connectivity index (χ2n) is 7.61. The van der Waals surface area contributed by atoms with Crippen LogP contribution in [0, 0.1) is 12.8 Å². The first-order valence-corrected chi connectivity index (χ1v) is 11.6. The minimum absolute atomic E-state index is 0.0971. The van der Waals surface area contributed by atoms with Gasteiger partial charge in [0, 0.05) is 18.7 Å². The summed E-state index contributed by atoms with van der Waals surface area (Å²) < 4.78 is 32.5. The number of rotatable bonds is 6. The van der Waals surface area contributed by atoms with Crippen LogP contribution in [0.4, 0.5) is 0 Å². The summed E-state index contributed by atoms with van der Waals surface area (Å²) in [6, 6.07) is 16.2. The van der Waals surface area contributed by atoms with Gasteiger partial charge in [-0.1, -0.05) is 53.2 Å². The van der Waals surface area contributed by atoms with Crippen LogP contribution in [0.1, 0.15) is 24.3 Å². The van der Waals surface area contributed by atoms with Crippen LogP contribution < -0.4 is 5.32 Å². The molecule has 0 radical (unpaired) electrons. The van der Waals surface area contributed by atoms with Gasteiger partial charge in [0.15, 0.2) is 0 Å². The summed E-state index contributed by atoms with van der Waals surface area (Å²) >= 11 is 0. The van der Waals surface area contributed by atoms with Crippen molar-refractivity contribution in [1.29, 1.82) is 0 Å². The average molecular weight is 441 g/mol. The third-order valence-corrected chi connectivity index (χ3v) is 7.21. The van der Waals surface area contributed by atoms with Gasteiger partial charge in [-0.3, -0.25) is 4.79 Å². The zero-order valence-electron chi connectivity index (χ0n) is 17.2. The molecule has 1 saturated heterocycles. The van der Waals surface area contributed by atoms with Gasteiger partial charge in [0.05, 0.1) is 17.4 Å². The lowest BCUT2D eigenvalue weighted by Gasteiger charge is -2.31. The van der Waals surface area contributed by atoms with E-state index in [-0.39, 0.29) is 23.9 Å². The van der Waals surface area contributed by atoms with Crippen LogP contribution in [0.25, 0.3) is 11.4 Å². The van der Waals surface area contributed by atoms with Gasteiger partial charge in [-0.2, -0.15) is 9.29 Å². The Labute approximate surface area is 181 Å². The van der Waals surface area contributed by atoms with E-state index in [0.717, 1.165) is 11.1 Å². The van der Waals surface area contributed by atoms with Crippen molar-refractivity contribution in [2.75, 3.05) is 13.1 Å². The highest BCUT2D eigenvalue weighted by Crippen LogP contribution is 2.24. The summed E-state index contributed by atoms with van der Waals surface area (Å²) in [4.78, 5) is 17.2. The Bertz CT molecular complexity index is 1140. The Morgan fingerprint density at radius 1 is 1.16 bits per heavy atom. The van der Waals surface area contributed by atoms with E-state index in [4.69, 9.17) is 4.52 Å². The van der Waals surface area contributed by atoms with Gasteiger partial charge in [0.2, 0.25) is 27.6 Å². The fraction of sp³-hybridized carbons (Fsp3) is 0.318. The maximum atomic E-state index is 12.9. The lowest BCUT2D eigenvalue weighted by molar-refractivity contribution is -0.126. The number of hydrogen-bond donors (Lipinski definition) is 1. The van der Waals surface area contributed by atoms with E-state index < -0.39 is 15.9 Å². The number of hydrogen-bond acceptors (Lipinski definition) is 6. The van der Waals surface area contributed by atoms with Crippen molar-refractivity contribution in [3.63, 3.8) is 0 Å². The first-order chi connectivity index (χ1) is 14.9.